The molecule has 0 atom stereocenters. The van der Waals surface area contributed by atoms with E-state index in [2.05, 4.69) is 33.2 Å². The molecule has 0 aliphatic rings. The quantitative estimate of drug-likeness (QED) is 0.748. The second-order valence-electron chi connectivity index (χ2n) is 4.30. The standard InChI is InChI=1S/C15H16BrClN2O/c1-2-8-20-14-6-5-12(16)9-11(14)10-19-13-4-3-7-18-15(13)17/h3-7,9,19H,2,8,10H2,1H3. The SMILES string of the molecule is CCCOc1ccc(Br)cc1CNc1cccnc1Cl. The number of pyridine rings is 1. The lowest BCUT2D eigenvalue weighted by Gasteiger charge is -2.13. The van der Waals surface area contributed by atoms with Crippen LogP contribution >= 0.6 is 27.5 Å². The summed E-state index contributed by atoms with van der Waals surface area (Å²) in [6, 6.07) is 9.75. The molecule has 0 fully saturated rings. The van der Waals surface area contributed by atoms with Crippen molar-refractivity contribution in [2.45, 2.75) is 19.9 Å². The zero-order valence-corrected chi connectivity index (χ0v) is 13.5. The van der Waals surface area contributed by atoms with Crippen molar-refractivity contribution < 1.29 is 4.74 Å². The number of nitrogens with one attached hydrogen (secondary N) is 1. The van der Waals surface area contributed by atoms with Crippen LogP contribution in [0.2, 0.25) is 5.15 Å². The van der Waals surface area contributed by atoms with Gasteiger partial charge in [0.05, 0.1) is 12.3 Å². The Morgan fingerprint density at radius 1 is 1.35 bits per heavy atom. The molecule has 0 radical (unpaired) electrons. The van der Waals surface area contributed by atoms with Crippen molar-refractivity contribution in [2.75, 3.05) is 11.9 Å². The molecule has 0 saturated heterocycles. The average molecular weight is 356 g/mol. The van der Waals surface area contributed by atoms with E-state index in [1.54, 1.807) is 6.20 Å². The van der Waals surface area contributed by atoms with Gasteiger partial charge >= 0.3 is 0 Å². The van der Waals surface area contributed by atoms with Crippen LogP contribution in [0, 0.1) is 0 Å². The highest BCUT2D eigenvalue weighted by Crippen LogP contribution is 2.25. The van der Waals surface area contributed by atoms with Crippen molar-refractivity contribution in [3.05, 3.63) is 51.7 Å². The Balaban J connectivity index is 2.11. The van der Waals surface area contributed by atoms with Crippen molar-refractivity contribution in [1.82, 2.24) is 4.98 Å². The number of aromatic nitrogens is 1. The van der Waals surface area contributed by atoms with Gasteiger partial charge in [-0.05, 0) is 36.8 Å². The van der Waals surface area contributed by atoms with Crippen LogP contribution in [0.15, 0.2) is 41.0 Å². The highest BCUT2D eigenvalue weighted by atomic mass is 79.9. The van der Waals surface area contributed by atoms with Crippen molar-refractivity contribution in [3.63, 3.8) is 0 Å². The fourth-order valence-electron chi connectivity index (χ4n) is 1.75. The highest BCUT2D eigenvalue weighted by molar-refractivity contribution is 9.10. The van der Waals surface area contributed by atoms with E-state index < -0.39 is 0 Å². The fraction of sp³-hybridized carbons (Fsp3) is 0.267. The van der Waals surface area contributed by atoms with Gasteiger partial charge in [0, 0.05) is 22.8 Å². The fourth-order valence-corrected chi connectivity index (χ4v) is 2.34. The van der Waals surface area contributed by atoms with Gasteiger partial charge in [-0.15, -0.1) is 0 Å². The van der Waals surface area contributed by atoms with E-state index in [1.807, 2.05) is 30.3 Å². The van der Waals surface area contributed by atoms with Gasteiger partial charge in [0.2, 0.25) is 0 Å². The van der Waals surface area contributed by atoms with Crippen molar-refractivity contribution in [3.8, 4) is 5.75 Å². The molecule has 1 N–H and O–H groups in total. The number of anilines is 1. The maximum absolute atomic E-state index is 6.03. The number of hydrogen-bond donors (Lipinski definition) is 1. The van der Waals surface area contributed by atoms with Crippen LogP contribution in [0.4, 0.5) is 5.69 Å². The molecular weight excluding hydrogens is 340 g/mol. The normalized spacial score (nSPS) is 10.3. The zero-order valence-electron chi connectivity index (χ0n) is 11.2. The second-order valence-corrected chi connectivity index (χ2v) is 5.57. The Morgan fingerprint density at radius 3 is 2.95 bits per heavy atom. The molecule has 0 aliphatic carbocycles. The van der Waals surface area contributed by atoms with E-state index in [0.717, 1.165) is 27.9 Å². The predicted octanol–water partition coefficient (Wildman–Crippen LogP) is 4.90. The van der Waals surface area contributed by atoms with E-state index in [-0.39, 0.29) is 0 Å². The Bertz CT molecular complexity index is 578. The lowest BCUT2D eigenvalue weighted by molar-refractivity contribution is 0.314. The molecule has 20 heavy (non-hydrogen) atoms. The van der Waals surface area contributed by atoms with Crippen LogP contribution in [-0.2, 0) is 6.54 Å². The molecule has 0 bridgehead atoms. The molecule has 0 aliphatic heterocycles. The number of halogens is 2. The summed E-state index contributed by atoms with van der Waals surface area (Å²) < 4.78 is 6.77. The van der Waals surface area contributed by atoms with Gasteiger partial charge in [0.15, 0.2) is 5.15 Å². The maximum atomic E-state index is 6.03. The third kappa shape index (κ3) is 4.12. The molecule has 5 heteroatoms. The first-order chi connectivity index (χ1) is 9.70. The lowest BCUT2D eigenvalue weighted by Crippen LogP contribution is -2.04. The first-order valence-corrected chi connectivity index (χ1v) is 7.63. The minimum Gasteiger partial charge on any atom is -0.493 e. The molecular formula is C15H16BrClN2O. The molecule has 0 spiro atoms. The Morgan fingerprint density at radius 2 is 2.20 bits per heavy atom. The summed E-state index contributed by atoms with van der Waals surface area (Å²) in [6.07, 6.45) is 2.65. The first-order valence-electron chi connectivity index (χ1n) is 6.46. The van der Waals surface area contributed by atoms with Crippen molar-refractivity contribution in [2.24, 2.45) is 0 Å². The monoisotopic (exact) mass is 354 g/mol. The molecule has 3 nitrogen and oxygen atoms in total. The molecule has 0 unspecified atom stereocenters. The number of nitrogens with zero attached hydrogens (tertiary/aromatic N) is 1. The van der Waals surface area contributed by atoms with E-state index >= 15 is 0 Å². The Kier molecular flexibility index (Phi) is 5.68. The number of hydrogen-bond acceptors (Lipinski definition) is 3. The molecule has 0 saturated carbocycles. The molecule has 0 amide bonds. The van der Waals surface area contributed by atoms with E-state index in [9.17, 15) is 0 Å². The second kappa shape index (κ2) is 7.50. The van der Waals surface area contributed by atoms with Crippen LogP contribution in [0.3, 0.4) is 0 Å². The topological polar surface area (TPSA) is 34.1 Å². The summed E-state index contributed by atoms with van der Waals surface area (Å²) in [5.74, 6) is 0.891. The van der Waals surface area contributed by atoms with Gasteiger partial charge in [0.1, 0.15) is 5.75 Å². The van der Waals surface area contributed by atoms with Crippen LogP contribution in [-0.4, -0.2) is 11.6 Å². The largest absolute Gasteiger partial charge is 0.493 e. The third-order valence-corrected chi connectivity index (χ3v) is 3.51. The van der Waals surface area contributed by atoms with Gasteiger partial charge in [-0.1, -0.05) is 34.5 Å². The third-order valence-electron chi connectivity index (χ3n) is 2.71. The van der Waals surface area contributed by atoms with Crippen LogP contribution < -0.4 is 10.1 Å². The molecule has 2 aromatic rings. The smallest absolute Gasteiger partial charge is 0.152 e. The van der Waals surface area contributed by atoms with Gasteiger partial charge < -0.3 is 10.1 Å². The van der Waals surface area contributed by atoms with Crippen LogP contribution in [0.1, 0.15) is 18.9 Å². The zero-order chi connectivity index (χ0) is 14.4. The number of rotatable bonds is 6. The summed E-state index contributed by atoms with van der Waals surface area (Å²) >= 11 is 9.51. The summed E-state index contributed by atoms with van der Waals surface area (Å²) in [6.45, 7) is 3.43. The molecule has 1 heterocycles. The van der Waals surface area contributed by atoms with Gasteiger partial charge in [-0.3, -0.25) is 0 Å². The van der Waals surface area contributed by atoms with E-state index in [0.29, 0.717) is 18.3 Å². The predicted molar refractivity (Wildman–Crippen MR) is 86.5 cm³/mol. The summed E-state index contributed by atoms with van der Waals surface area (Å²) in [7, 11) is 0. The Hall–Kier alpha value is -1.26. The minimum absolute atomic E-state index is 0.471. The molecule has 1 aromatic carbocycles. The Labute approximate surface area is 132 Å². The van der Waals surface area contributed by atoms with Gasteiger partial charge in [0.25, 0.3) is 0 Å². The van der Waals surface area contributed by atoms with Crippen molar-refractivity contribution in [1.29, 1.82) is 0 Å². The highest BCUT2D eigenvalue weighted by Gasteiger charge is 2.06. The summed E-state index contributed by atoms with van der Waals surface area (Å²) in [5.41, 5.74) is 1.89. The summed E-state index contributed by atoms with van der Waals surface area (Å²) in [4.78, 5) is 4.04. The number of ether oxygens (including phenoxy) is 1. The van der Waals surface area contributed by atoms with E-state index in [4.69, 9.17) is 16.3 Å². The molecule has 1 aromatic heterocycles. The lowest BCUT2D eigenvalue weighted by atomic mass is 10.2. The maximum Gasteiger partial charge on any atom is 0.152 e. The van der Waals surface area contributed by atoms with Crippen LogP contribution in [0.25, 0.3) is 0 Å². The van der Waals surface area contributed by atoms with Gasteiger partial charge in [-0.25, -0.2) is 4.98 Å². The van der Waals surface area contributed by atoms with Crippen molar-refractivity contribution >= 4 is 33.2 Å². The average Bonchev–Trinajstić information content (AvgIpc) is 2.45. The molecule has 2 rings (SSSR count). The molecule has 106 valence electrons. The summed E-state index contributed by atoms with van der Waals surface area (Å²) in [5, 5.41) is 3.75. The first kappa shape index (κ1) is 15.1. The van der Waals surface area contributed by atoms with Gasteiger partial charge in [-0.2, -0.15) is 0 Å². The minimum atomic E-state index is 0.471. The number of benzene rings is 1. The van der Waals surface area contributed by atoms with Crippen LogP contribution in [0.5, 0.6) is 5.75 Å². The van der Waals surface area contributed by atoms with E-state index in [1.165, 1.54) is 0 Å².